The topological polar surface area (TPSA) is 64.4 Å². The maximum absolute atomic E-state index is 5.03. The van der Waals surface area contributed by atoms with Gasteiger partial charge in [0.05, 0.1) is 12.0 Å². The van der Waals surface area contributed by atoms with Gasteiger partial charge >= 0.3 is 0 Å². The number of rotatable bonds is 1. The first kappa shape index (κ1) is 6.01. The van der Waals surface area contributed by atoms with Crippen LogP contribution in [0, 0.1) is 0 Å². The van der Waals surface area contributed by atoms with E-state index in [9.17, 15) is 0 Å². The Morgan fingerprint density at radius 1 is 1.57 bits per heavy atom. The van der Waals surface area contributed by atoms with Gasteiger partial charge in [-0.05, 0) is 6.92 Å². The normalized spacial score (nSPS) is 13.0. The molecule has 0 rings (SSSR count). The number of aliphatic imine (C=N–C) groups is 1. The summed E-state index contributed by atoms with van der Waals surface area (Å²) in [6.45, 7) is 1.77. The fourth-order valence-electron chi connectivity index (χ4n) is 0.161. The number of hydrogen-bond donors (Lipinski definition) is 2. The van der Waals surface area contributed by atoms with Gasteiger partial charge in [-0.1, -0.05) is 0 Å². The van der Waals surface area contributed by atoms with Gasteiger partial charge in [0.1, 0.15) is 0 Å². The highest BCUT2D eigenvalue weighted by Crippen LogP contribution is 1.85. The minimum Gasteiger partial charge on any atom is -0.403 e. The Kier molecular flexibility index (Phi) is 2.76. The molecule has 0 aliphatic rings. The smallest absolute Gasteiger partial charge is 0.0856 e. The molecule has 3 nitrogen and oxygen atoms in total. The van der Waals surface area contributed by atoms with Gasteiger partial charge in [0.2, 0.25) is 0 Å². The molecule has 4 N–H and O–H groups in total. The van der Waals surface area contributed by atoms with Crippen LogP contribution in [0.1, 0.15) is 6.92 Å². The summed E-state index contributed by atoms with van der Waals surface area (Å²) in [6, 6.07) is 0. The minimum absolute atomic E-state index is 0.725. The monoisotopic (exact) mass is 99.1 g/mol. The first-order chi connectivity index (χ1) is 3.31. The molecular formula is C4H9N3. The molecule has 0 saturated heterocycles. The van der Waals surface area contributed by atoms with Crippen LogP contribution in [-0.4, -0.2) is 6.34 Å². The largest absolute Gasteiger partial charge is 0.403 e. The van der Waals surface area contributed by atoms with E-state index in [0.717, 1.165) is 5.70 Å². The Hall–Kier alpha value is -0.990. The van der Waals surface area contributed by atoms with Crippen LogP contribution >= 0.6 is 0 Å². The summed E-state index contributed by atoms with van der Waals surface area (Å²) in [7, 11) is 0. The fraction of sp³-hybridized carbons (Fsp3) is 0.250. The average Bonchev–Trinajstić information content (AvgIpc) is 1.68. The van der Waals surface area contributed by atoms with Crippen LogP contribution in [0.25, 0.3) is 0 Å². The number of nitrogens with zero attached hydrogens (tertiary/aromatic N) is 1. The summed E-state index contributed by atoms with van der Waals surface area (Å²) in [6.07, 6.45) is 2.60. The van der Waals surface area contributed by atoms with Crippen LogP contribution in [0.4, 0.5) is 0 Å². The predicted octanol–water partition coefficient (Wildman–Crippen LogP) is -0.207. The lowest BCUT2D eigenvalue weighted by Crippen LogP contribution is -1.89. The van der Waals surface area contributed by atoms with Crippen molar-refractivity contribution in [1.82, 2.24) is 0 Å². The molecule has 0 amide bonds. The Morgan fingerprint density at radius 3 is 2.29 bits per heavy atom. The lowest BCUT2D eigenvalue weighted by atomic mass is 10.6. The molecule has 0 aliphatic carbocycles. The summed E-state index contributed by atoms with van der Waals surface area (Å²) < 4.78 is 0. The van der Waals surface area contributed by atoms with Gasteiger partial charge < -0.3 is 11.5 Å². The molecule has 0 atom stereocenters. The summed E-state index contributed by atoms with van der Waals surface area (Å²) in [5.41, 5.74) is 10.7. The molecule has 0 heterocycles. The van der Waals surface area contributed by atoms with E-state index < -0.39 is 0 Å². The van der Waals surface area contributed by atoms with Gasteiger partial charge in [0.25, 0.3) is 0 Å². The second-order valence-electron chi connectivity index (χ2n) is 1.09. The van der Waals surface area contributed by atoms with Gasteiger partial charge in [-0.15, -0.1) is 0 Å². The zero-order valence-corrected chi connectivity index (χ0v) is 4.26. The molecule has 40 valence electrons. The van der Waals surface area contributed by atoms with E-state index in [-0.39, 0.29) is 0 Å². The maximum atomic E-state index is 5.03. The lowest BCUT2D eigenvalue weighted by Gasteiger charge is -1.81. The summed E-state index contributed by atoms with van der Waals surface area (Å²) in [4.78, 5) is 3.63. The van der Waals surface area contributed by atoms with Crippen LogP contribution < -0.4 is 11.5 Å². The first-order valence-corrected chi connectivity index (χ1v) is 1.94. The van der Waals surface area contributed by atoms with Gasteiger partial charge in [-0.3, -0.25) is 0 Å². The molecule has 0 aromatic heterocycles. The molecule has 0 radical (unpaired) electrons. The number of hydrogen-bond acceptors (Lipinski definition) is 2. The third-order valence-corrected chi connectivity index (χ3v) is 0.519. The van der Waals surface area contributed by atoms with Crippen molar-refractivity contribution in [2.24, 2.45) is 16.5 Å². The summed E-state index contributed by atoms with van der Waals surface area (Å²) in [5.74, 6) is 0. The molecule has 0 aliphatic heterocycles. The van der Waals surface area contributed by atoms with Crippen molar-refractivity contribution in [3.8, 4) is 0 Å². The van der Waals surface area contributed by atoms with Crippen LogP contribution in [0.3, 0.4) is 0 Å². The van der Waals surface area contributed by atoms with Crippen molar-refractivity contribution in [2.75, 3.05) is 0 Å². The van der Waals surface area contributed by atoms with Crippen molar-refractivity contribution in [2.45, 2.75) is 6.92 Å². The fourth-order valence-corrected chi connectivity index (χ4v) is 0.161. The van der Waals surface area contributed by atoms with E-state index in [4.69, 9.17) is 11.5 Å². The Morgan fingerprint density at radius 2 is 2.14 bits per heavy atom. The zero-order valence-electron chi connectivity index (χ0n) is 4.26. The lowest BCUT2D eigenvalue weighted by molar-refractivity contribution is 1.27. The minimum atomic E-state index is 0.725. The molecule has 0 spiro atoms. The first-order valence-electron chi connectivity index (χ1n) is 1.94. The van der Waals surface area contributed by atoms with Crippen molar-refractivity contribution < 1.29 is 0 Å². The number of allylic oxidation sites excluding steroid dienone is 1. The highest BCUT2D eigenvalue weighted by atomic mass is 14.8. The van der Waals surface area contributed by atoms with Gasteiger partial charge in [0, 0.05) is 6.20 Å². The summed E-state index contributed by atoms with van der Waals surface area (Å²) in [5, 5.41) is 0. The number of nitrogens with two attached hydrogens (primary N) is 2. The van der Waals surface area contributed by atoms with Gasteiger partial charge in [-0.25, -0.2) is 4.99 Å². The highest BCUT2D eigenvalue weighted by molar-refractivity contribution is 5.53. The molecular weight excluding hydrogens is 90.1 g/mol. The molecule has 0 fully saturated rings. The SMILES string of the molecule is C/C(=C/N)N=CN. The standard InChI is InChI=1S/C4H9N3/c1-4(2-5)7-3-6/h2-3H,5H2,1H3,(H2,6,7)/b4-2-. The highest BCUT2D eigenvalue weighted by Gasteiger charge is 1.71. The third kappa shape index (κ3) is 2.82. The van der Waals surface area contributed by atoms with Crippen LogP contribution in [0.15, 0.2) is 16.9 Å². The molecule has 7 heavy (non-hydrogen) atoms. The molecule has 3 heteroatoms. The maximum Gasteiger partial charge on any atom is 0.0856 e. The predicted molar refractivity (Wildman–Crippen MR) is 30.6 cm³/mol. The zero-order chi connectivity index (χ0) is 5.70. The van der Waals surface area contributed by atoms with Crippen LogP contribution in [-0.2, 0) is 0 Å². The van der Waals surface area contributed by atoms with Crippen LogP contribution in [0.2, 0.25) is 0 Å². The van der Waals surface area contributed by atoms with Crippen molar-refractivity contribution in [3.63, 3.8) is 0 Å². The van der Waals surface area contributed by atoms with E-state index in [0.29, 0.717) is 0 Å². The van der Waals surface area contributed by atoms with E-state index in [1.54, 1.807) is 6.92 Å². The van der Waals surface area contributed by atoms with E-state index in [2.05, 4.69) is 4.99 Å². The van der Waals surface area contributed by atoms with Crippen molar-refractivity contribution in [3.05, 3.63) is 11.9 Å². The Labute approximate surface area is 42.7 Å². The summed E-state index contributed by atoms with van der Waals surface area (Å²) >= 11 is 0. The Bertz CT molecular complexity index is 93.1. The second kappa shape index (κ2) is 3.21. The molecule has 0 bridgehead atoms. The van der Waals surface area contributed by atoms with Gasteiger partial charge in [0.15, 0.2) is 0 Å². The molecule has 0 unspecified atom stereocenters. The van der Waals surface area contributed by atoms with Crippen LogP contribution in [0.5, 0.6) is 0 Å². The quantitative estimate of drug-likeness (QED) is 0.353. The van der Waals surface area contributed by atoms with Gasteiger partial charge in [-0.2, -0.15) is 0 Å². The molecule has 0 saturated carbocycles. The molecule has 0 aromatic carbocycles. The average molecular weight is 99.1 g/mol. The Balaban J connectivity index is 3.58. The third-order valence-electron chi connectivity index (χ3n) is 0.519. The van der Waals surface area contributed by atoms with E-state index in [1.807, 2.05) is 0 Å². The van der Waals surface area contributed by atoms with E-state index >= 15 is 0 Å². The second-order valence-corrected chi connectivity index (χ2v) is 1.09. The van der Waals surface area contributed by atoms with Crippen molar-refractivity contribution >= 4 is 6.34 Å². The van der Waals surface area contributed by atoms with E-state index in [1.165, 1.54) is 12.5 Å². The molecule has 0 aromatic rings. The van der Waals surface area contributed by atoms with Crippen molar-refractivity contribution in [1.29, 1.82) is 0 Å².